The standard InChI is InChI=1S/C33H33F2N5O3/c34-22-14-23-24(17-36-30(23)25(35)15-22)31-37-26(18-4-10-21(11-5-18)32(41)40-12-2-1-3-13-40)16-27(39-31)38-29-20-8-6-19(7-9-20)28(29)33(42)43/h4-5,10-11,14-17,19-20,28,32,36,41H,1-3,6-9,12-13H2,(H,42,43)/b38-29+/t19?,20?,28-,32?/m1/s1. The molecule has 2 aromatic heterocycles. The Morgan fingerprint density at radius 2 is 1.74 bits per heavy atom. The molecular weight excluding hydrogens is 552 g/mol. The molecule has 4 fully saturated rings. The number of nitrogens with one attached hydrogen (secondary N) is 1. The second-order valence-corrected chi connectivity index (χ2v) is 12.0. The number of carboxylic acids is 1. The molecule has 1 aliphatic heterocycles. The summed E-state index contributed by atoms with van der Waals surface area (Å²) in [4.78, 5) is 31.6. The molecule has 43 heavy (non-hydrogen) atoms. The van der Waals surface area contributed by atoms with E-state index in [4.69, 9.17) is 9.98 Å². The highest BCUT2D eigenvalue weighted by Gasteiger charge is 2.44. The number of piperidine rings is 1. The van der Waals surface area contributed by atoms with Gasteiger partial charge in [-0.3, -0.25) is 9.69 Å². The summed E-state index contributed by atoms with van der Waals surface area (Å²) in [7, 11) is 0. The summed E-state index contributed by atoms with van der Waals surface area (Å²) in [5.41, 5.74) is 3.25. The van der Waals surface area contributed by atoms with E-state index in [-0.39, 0.29) is 23.2 Å². The Kier molecular flexibility index (Phi) is 7.26. The molecule has 10 heteroatoms. The number of carboxylic acid groups (broad SMARTS) is 1. The van der Waals surface area contributed by atoms with Crippen LogP contribution in [0.4, 0.5) is 14.6 Å². The number of aromatic amines is 1. The first-order valence-electron chi connectivity index (χ1n) is 15.0. The van der Waals surface area contributed by atoms with Crippen LogP contribution >= 0.6 is 0 Å². The fourth-order valence-corrected chi connectivity index (χ4v) is 7.16. The lowest BCUT2D eigenvalue weighted by Crippen LogP contribution is -2.44. The van der Waals surface area contributed by atoms with Crippen LogP contribution in [0, 0.1) is 29.4 Å². The minimum atomic E-state index is -0.868. The van der Waals surface area contributed by atoms with Crippen LogP contribution in [0.25, 0.3) is 33.5 Å². The van der Waals surface area contributed by atoms with Crippen molar-refractivity contribution in [2.75, 3.05) is 13.1 Å². The number of aliphatic imine (C=N–C) groups is 1. The molecule has 2 atom stereocenters. The topological polar surface area (TPSA) is 115 Å². The molecule has 1 saturated heterocycles. The highest BCUT2D eigenvalue weighted by molar-refractivity contribution is 6.05. The van der Waals surface area contributed by atoms with Gasteiger partial charge in [0, 0.05) is 53.6 Å². The second kappa shape index (κ2) is 11.2. The lowest BCUT2D eigenvalue weighted by molar-refractivity contribution is -0.142. The predicted molar refractivity (Wildman–Crippen MR) is 159 cm³/mol. The molecule has 3 aliphatic carbocycles. The average molecular weight is 586 g/mol. The number of carbonyl (C=O) groups is 1. The third-order valence-electron chi connectivity index (χ3n) is 9.39. The fraction of sp³-hybridized carbons (Fsp3) is 0.394. The maximum Gasteiger partial charge on any atom is 0.312 e. The average Bonchev–Trinajstić information content (AvgIpc) is 3.46. The first-order valence-corrected chi connectivity index (χ1v) is 15.0. The van der Waals surface area contributed by atoms with Crippen molar-refractivity contribution in [2.24, 2.45) is 22.7 Å². The minimum Gasteiger partial charge on any atom is -0.481 e. The van der Waals surface area contributed by atoms with Gasteiger partial charge in [-0.1, -0.05) is 30.7 Å². The number of aromatic nitrogens is 3. The molecule has 0 spiro atoms. The van der Waals surface area contributed by atoms with Crippen LogP contribution in [-0.2, 0) is 4.79 Å². The van der Waals surface area contributed by atoms with Gasteiger partial charge in [0.1, 0.15) is 17.9 Å². The van der Waals surface area contributed by atoms with Crippen molar-refractivity contribution in [1.29, 1.82) is 0 Å². The molecule has 3 N–H and O–H groups in total. The van der Waals surface area contributed by atoms with E-state index >= 15 is 0 Å². The van der Waals surface area contributed by atoms with Crippen molar-refractivity contribution in [3.63, 3.8) is 0 Å². The first-order chi connectivity index (χ1) is 20.9. The van der Waals surface area contributed by atoms with Crippen molar-refractivity contribution < 1.29 is 23.8 Å². The van der Waals surface area contributed by atoms with Crippen LogP contribution in [0.5, 0.6) is 0 Å². The third-order valence-corrected chi connectivity index (χ3v) is 9.39. The zero-order valence-corrected chi connectivity index (χ0v) is 23.6. The van der Waals surface area contributed by atoms with E-state index in [9.17, 15) is 23.8 Å². The van der Waals surface area contributed by atoms with Crippen LogP contribution in [0.2, 0.25) is 0 Å². The number of hydrogen-bond donors (Lipinski definition) is 3. The number of likely N-dealkylation sites (tertiary alicyclic amines) is 1. The van der Waals surface area contributed by atoms with Crippen molar-refractivity contribution in [2.45, 2.75) is 51.2 Å². The molecule has 0 radical (unpaired) electrons. The molecule has 0 amide bonds. The number of benzene rings is 2. The molecule has 8 rings (SSSR count). The molecule has 2 aromatic carbocycles. The van der Waals surface area contributed by atoms with Gasteiger partial charge in [0.25, 0.3) is 0 Å². The summed E-state index contributed by atoms with van der Waals surface area (Å²) in [6.45, 7) is 1.71. The number of aliphatic hydroxyl groups is 1. The van der Waals surface area contributed by atoms with E-state index in [1.165, 1.54) is 12.5 Å². The molecular formula is C33H33F2N5O3. The highest BCUT2D eigenvalue weighted by Crippen LogP contribution is 2.44. The lowest BCUT2D eigenvalue weighted by atomic mass is 9.63. The van der Waals surface area contributed by atoms with E-state index in [0.29, 0.717) is 28.2 Å². The van der Waals surface area contributed by atoms with E-state index in [1.54, 1.807) is 12.3 Å². The summed E-state index contributed by atoms with van der Waals surface area (Å²) < 4.78 is 28.8. The van der Waals surface area contributed by atoms with Gasteiger partial charge in [-0.2, -0.15) is 0 Å². The molecule has 4 aliphatic rings. The molecule has 3 saturated carbocycles. The van der Waals surface area contributed by atoms with Gasteiger partial charge in [0.15, 0.2) is 11.6 Å². The molecule has 8 nitrogen and oxygen atoms in total. The summed E-state index contributed by atoms with van der Waals surface area (Å²) in [5.74, 6) is -2.29. The monoisotopic (exact) mass is 585 g/mol. The van der Waals surface area contributed by atoms with Crippen LogP contribution in [0.1, 0.15) is 56.7 Å². The van der Waals surface area contributed by atoms with Gasteiger partial charge in [0.2, 0.25) is 0 Å². The van der Waals surface area contributed by atoms with Gasteiger partial charge in [-0.15, -0.1) is 0 Å². The fourth-order valence-electron chi connectivity index (χ4n) is 7.16. The van der Waals surface area contributed by atoms with Gasteiger partial charge in [-0.25, -0.2) is 23.7 Å². The van der Waals surface area contributed by atoms with Gasteiger partial charge in [0.05, 0.1) is 17.1 Å². The molecule has 2 bridgehead atoms. The van der Waals surface area contributed by atoms with Gasteiger partial charge in [-0.05, 0) is 62.0 Å². The zero-order chi connectivity index (χ0) is 29.7. The predicted octanol–water partition coefficient (Wildman–Crippen LogP) is 6.64. The Bertz CT molecular complexity index is 1710. The maximum absolute atomic E-state index is 14.5. The van der Waals surface area contributed by atoms with Gasteiger partial charge >= 0.3 is 5.97 Å². The number of aliphatic carboxylic acids is 1. The Labute approximate surface area is 247 Å². The smallest absolute Gasteiger partial charge is 0.312 e. The Morgan fingerprint density at radius 1 is 1.00 bits per heavy atom. The molecule has 3 heterocycles. The number of fused-ring (bicyclic) bond motifs is 4. The SMILES string of the molecule is O=C(O)[C@H]1/C(=N/c2cc(-c3ccc(C(O)N4CCCCC4)cc3)nc(-c3c[nH]c4c(F)cc(F)cc34)n2)C2CCC1CC2. The Balaban J connectivity index is 1.32. The molecule has 222 valence electrons. The van der Waals surface area contributed by atoms with E-state index in [0.717, 1.165) is 68.8 Å². The number of H-pyrrole nitrogens is 1. The van der Waals surface area contributed by atoms with Crippen molar-refractivity contribution in [3.8, 4) is 22.6 Å². The van der Waals surface area contributed by atoms with Crippen LogP contribution in [-0.4, -0.2) is 54.8 Å². The van der Waals surface area contributed by atoms with E-state index < -0.39 is 29.7 Å². The zero-order valence-electron chi connectivity index (χ0n) is 23.6. The normalized spacial score (nSPS) is 24.1. The summed E-state index contributed by atoms with van der Waals surface area (Å²) in [6, 6.07) is 11.3. The quantitative estimate of drug-likeness (QED) is 0.234. The Hall–Kier alpha value is -4.02. The lowest BCUT2D eigenvalue weighted by Gasteiger charge is -2.41. The number of hydrogen-bond acceptors (Lipinski definition) is 6. The van der Waals surface area contributed by atoms with E-state index in [2.05, 4.69) is 14.9 Å². The third kappa shape index (κ3) is 5.23. The van der Waals surface area contributed by atoms with Crippen molar-refractivity contribution >= 4 is 28.4 Å². The number of rotatable bonds is 6. The van der Waals surface area contributed by atoms with Gasteiger partial charge < -0.3 is 15.2 Å². The van der Waals surface area contributed by atoms with E-state index in [1.807, 2.05) is 24.3 Å². The first kappa shape index (κ1) is 27.8. The highest BCUT2D eigenvalue weighted by atomic mass is 19.1. The number of halogens is 2. The number of aliphatic hydroxyl groups excluding tert-OH is 1. The van der Waals surface area contributed by atoms with Crippen molar-refractivity contribution in [1.82, 2.24) is 19.9 Å². The number of nitrogens with zero attached hydrogens (tertiary/aromatic N) is 4. The van der Waals surface area contributed by atoms with Crippen LogP contribution < -0.4 is 0 Å². The molecule has 1 unspecified atom stereocenters. The summed E-state index contributed by atoms with van der Waals surface area (Å²) >= 11 is 0. The van der Waals surface area contributed by atoms with Crippen molar-refractivity contribution in [3.05, 3.63) is 65.9 Å². The summed E-state index contributed by atoms with van der Waals surface area (Å²) in [6.07, 6.45) is 7.72. The second-order valence-electron chi connectivity index (χ2n) is 12.0. The maximum atomic E-state index is 14.5. The van der Waals surface area contributed by atoms with Crippen LogP contribution in [0.15, 0.2) is 53.7 Å². The summed E-state index contributed by atoms with van der Waals surface area (Å²) in [5, 5.41) is 21.3. The van der Waals surface area contributed by atoms with Crippen LogP contribution in [0.3, 0.4) is 0 Å². The Morgan fingerprint density at radius 3 is 2.47 bits per heavy atom. The molecule has 4 aromatic rings. The minimum absolute atomic E-state index is 0.0560. The largest absolute Gasteiger partial charge is 0.481 e.